The molecule has 0 saturated heterocycles. The van der Waals surface area contributed by atoms with Crippen molar-refractivity contribution in [1.82, 2.24) is 14.8 Å². The summed E-state index contributed by atoms with van der Waals surface area (Å²) in [7, 11) is 0. The number of aromatic amines is 1. The maximum Gasteiger partial charge on any atom is 0.343 e. The Kier molecular flexibility index (Phi) is 3.88. The minimum absolute atomic E-state index is 0.141. The minimum atomic E-state index is -0.141. The van der Waals surface area contributed by atoms with E-state index in [1.54, 1.807) is 27.7 Å². The summed E-state index contributed by atoms with van der Waals surface area (Å²) in [5, 5.41) is 9.25. The molecule has 0 radical (unpaired) electrons. The highest BCUT2D eigenvalue weighted by molar-refractivity contribution is 9.10. The molecule has 0 spiro atoms. The molecule has 0 aliphatic rings. The van der Waals surface area contributed by atoms with E-state index < -0.39 is 0 Å². The summed E-state index contributed by atoms with van der Waals surface area (Å²) in [6.45, 7) is 2.58. The lowest BCUT2D eigenvalue weighted by molar-refractivity contribution is 0.660. The molecule has 1 N–H and O–H groups in total. The van der Waals surface area contributed by atoms with Crippen LogP contribution in [0.15, 0.2) is 25.9 Å². The second-order valence-electron chi connectivity index (χ2n) is 3.08. The molecule has 0 bridgehead atoms. The van der Waals surface area contributed by atoms with Crippen LogP contribution < -0.4 is 5.69 Å². The smallest absolute Gasteiger partial charge is 0.270 e. The van der Waals surface area contributed by atoms with Crippen molar-refractivity contribution in [2.24, 2.45) is 0 Å². The van der Waals surface area contributed by atoms with E-state index in [4.69, 9.17) is 0 Å². The van der Waals surface area contributed by atoms with Gasteiger partial charge in [0.2, 0.25) is 0 Å². The third kappa shape index (κ3) is 2.58. The summed E-state index contributed by atoms with van der Waals surface area (Å²) in [5.74, 6) is 0.834. The molecule has 0 atom stereocenters. The van der Waals surface area contributed by atoms with Gasteiger partial charge in [-0.1, -0.05) is 11.8 Å². The van der Waals surface area contributed by atoms with Crippen LogP contribution in [-0.4, -0.2) is 14.8 Å². The predicted octanol–water partition coefficient (Wildman–Crippen LogP) is 2.71. The second kappa shape index (κ2) is 5.20. The number of aromatic nitrogens is 3. The van der Waals surface area contributed by atoms with Crippen molar-refractivity contribution >= 4 is 39.0 Å². The number of halogens is 1. The fourth-order valence-corrected chi connectivity index (χ4v) is 3.77. The van der Waals surface area contributed by atoms with Gasteiger partial charge in [0.25, 0.3) is 0 Å². The average molecular weight is 320 g/mol. The topological polar surface area (TPSA) is 50.7 Å². The van der Waals surface area contributed by atoms with Gasteiger partial charge in [0.15, 0.2) is 5.16 Å². The van der Waals surface area contributed by atoms with Crippen LogP contribution in [0, 0.1) is 0 Å². The Morgan fingerprint density at radius 2 is 2.50 bits per heavy atom. The molecule has 0 aliphatic heterocycles. The summed E-state index contributed by atoms with van der Waals surface area (Å²) >= 11 is 6.68. The SMILES string of the molecule is CCn1c(SCc2cc(Br)cs2)n[nH]c1=O. The average Bonchev–Trinajstić information content (AvgIpc) is 2.82. The molecule has 2 aromatic heterocycles. The molecular weight excluding hydrogens is 310 g/mol. The number of hydrogen-bond acceptors (Lipinski definition) is 4. The monoisotopic (exact) mass is 319 g/mol. The second-order valence-corrected chi connectivity index (χ2v) is 5.93. The van der Waals surface area contributed by atoms with Gasteiger partial charge < -0.3 is 0 Å². The molecule has 4 nitrogen and oxygen atoms in total. The molecule has 0 aromatic carbocycles. The van der Waals surface area contributed by atoms with Gasteiger partial charge in [-0.05, 0) is 28.9 Å². The Labute approximate surface area is 109 Å². The van der Waals surface area contributed by atoms with E-state index >= 15 is 0 Å². The van der Waals surface area contributed by atoms with Gasteiger partial charge in [0.1, 0.15) is 0 Å². The van der Waals surface area contributed by atoms with Gasteiger partial charge in [0.05, 0.1) is 0 Å². The van der Waals surface area contributed by atoms with Crippen molar-refractivity contribution in [1.29, 1.82) is 0 Å². The van der Waals surface area contributed by atoms with Gasteiger partial charge in [0, 0.05) is 27.0 Å². The summed E-state index contributed by atoms with van der Waals surface area (Å²) in [5.41, 5.74) is -0.141. The third-order valence-corrected chi connectivity index (χ3v) is 4.91. The molecule has 0 fully saturated rings. The number of nitrogens with zero attached hydrogens (tertiary/aromatic N) is 2. The standard InChI is InChI=1S/C9H10BrN3OS2/c1-2-13-8(14)11-12-9(13)16-5-7-3-6(10)4-15-7/h3-4H,2,5H2,1H3,(H,11,14). The molecule has 2 rings (SSSR count). The maximum absolute atomic E-state index is 11.3. The Morgan fingerprint density at radius 1 is 1.69 bits per heavy atom. The molecule has 2 aromatic rings. The number of thioether (sulfide) groups is 1. The van der Waals surface area contributed by atoms with Crippen LogP contribution in [-0.2, 0) is 12.3 Å². The van der Waals surface area contributed by atoms with Crippen LogP contribution in [0.25, 0.3) is 0 Å². The van der Waals surface area contributed by atoms with Gasteiger partial charge in [-0.15, -0.1) is 16.4 Å². The first kappa shape index (κ1) is 11.9. The summed E-state index contributed by atoms with van der Waals surface area (Å²) < 4.78 is 2.73. The zero-order valence-corrected chi connectivity index (χ0v) is 11.8. The van der Waals surface area contributed by atoms with Crippen LogP contribution in [0.2, 0.25) is 0 Å². The summed E-state index contributed by atoms with van der Waals surface area (Å²) in [4.78, 5) is 12.6. The highest BCUT2D eigenvalue weighted by Gasteiger charge is 2.07. The van der Waals surface area contributed by atoms with Crippen LogP contribution in [0.4, 0.5) is 0 Å². The van der Waals surface area contributed by atoms with E-state index in [0.29, 0.717) is 6.54 Å². The van der Waals surface area contributed by atoms with Crippen LogP contribution >= 0.6 is 39.0 Å². The van der Waals surface area contributed by atoms with Crippen LogP contribution in [0.3, 0.4) is 0 Å². The highest BCUT2D eigenvalue weighted by Crippen LogP contribution is 2.26. The van der Waals surface area contributed by atoms with E-state index in [1.165, 1.54) is 4.88 Å². The Bertz CT molecular complexity index is 531. The molecule has 86 valence electrons. The van der Waals surface area contributed by atoms with E-state index in [2.05, 4.69) is 32.2 Å². The van der Waals surface area contributed by atoms with Crippen molar-refractivity contribution in [2.75, 3.05) is 0 Å². The van der Waals surface area contributed by atoms with Crippen molar-refractivity contribution in [3.63, 3.8) is 0 Å². The Morgan fingerprint density at radius 3 is 3.12 bits per heavy atom. The van der Waals surface area contributed by atoms with Gasteiger partial charge >= 0.3 is 5.69 Å². The third-order valence-electron chi connectivity index (χ3n) is 2.00. The molecule has 16 heavy (non-hydrogen) atoms. The molecule has 0 aliphatic carbocycles. The van der Waals surface area contributed by atoms with Crippen LogP contribution in [0.5, 0.6) is 0 Å². The predicted molar refractivity (Wildman–Crippen MR) is 70.1 cm³/mol. The van der Waals surface area contributed by atoms with E-state index in [9.17, 15) is 4.79 Å². The zero-order chi connectivity index (χ0) is 11.5. The van der Waals surface area contributed by atoms with Gasteiger partial charge in [-0.2, -0.15) is 0 Å². The molecular formula is C9H10BrN3OS2. The van der Waals surface area contributed by atoms with Crippen molar-refractivity contribution < 1.29 is 0 Å². The molecule has 7 heteroatoms. The molecule has 2 heterocycles. The normalized spacial score (nSPS) is 10.9. The molecule has 0 unspecified atom stereocenters. The molecule has 0 saturated carbocycles. The summed E-state index contributed by atoms with van der Waals surface area (Å²) in [6, 6.07) is 2.08. The number of thiophene rings is 1. The van der Waals surface area contributed by atoms with Gasteiger partial charge in [-0.25, -0.2) is 9.89 Å². The van der Waals surface area contributed by atoms with E-state index in [-0.39, 0.29) is 5.69 Å². The Hall–Kier alpha value is -0.530. The lowest BCUT2D eigenvalue weighted by Gasteiger charge is -1.99. The fourth-order valence-electron chi connectivity index (χ4n) is 1.26. The number of H-pyrrole nitrogens is 1. The fraction of sp³-hybridized carbons (Fsp3) is 0.333. The first-order valence-corrected chi connectivity index (χ1v) is 7.37. The van der Waals surface area contributed by atoms with Crippen LogP contribution in [0.1, 0.15) is 11.8 Å². The van der Waals surface area contributed by atoms with E-state index in [1.807, 2.05) is 12.3 Å². The van der Waals surface area contributed by atoms with Crippen molar-refractivity contribution in [2.45, 2.75) is 24.4 Å². The number of rotatable bonds is 4. The Balaban J connectivity index is 2.07. The number of nitrogens with one attached hydrogen (secondary N) is 1. The maximum atomic E-state index is 11.3. The van der Waals surface area contributed by atoms with Crippen molar-refractivity contribution in [3.8, 4) is 0 Å². The largest absolute Gasteiger partial charge is 0.343 e. The lowest BCUT2D eigenvalue weighted by Crippen LogP contribution is -2.16. The minimum Gasteiger partial charge on any atom is -0.270 e. The molecule has 0 amide bonds. The van der Waals surface area contributed by atoms with Gasteiger partial charge in [-0.3, -0.25) is 4.57 Å². The first-order valence-electron chi connectivity index (χ1n) is 4.71. The number of hydrogen-bond donors (Lipinski definition) is 1. The van der Waals surface area contributed by atoms with E-state index in [0.717, 1.165) is 15.4 Å². The van der Waals surface area contributed by atoms with Crippen molar-refractivity contribution in [3.05, 3.63) is 31.3 Å². The quantitative estimate of drug-likeness (QED) is 0.881. The first-order chi connectivity index (χ1) is 7.70. The highest BCUT2D eigenvalue weighted by atomic mass is 79.9. The summed E-state index contributed by atoms with van der Waals surface area (Å²) in [6.07, 6.45) is 0. The lowest BCUT2D eigenvalue weighted by atomic mass is 10.5. The zero-order valence-electron chi connectivity index (χ0n) is 8.57.